The third-order valence-corrected chi connectivity index (χ3v) is 5.25. The number of halogens is 1. The monoisotopic (exact) mass is 393 g/mol. The summed E-state index contributed by atoms with van der Waals surface area (Å²) in [6.07, 6.45) is 0. The van der Waals surface area contributed by atoms with Crippen molar-refractivity contribution in [3.05, 3.63) is 44.3 Å². The summed E-state index contributed by atoms with van der Waals surface area (Å²) in [7, 11) is 0. The van der Waals surface area contributed by atoms with E-state index in [0.29, 0.717) is 13.1 Å². The minimum Gasteiger partial charge on any atom is -0.325 e. The normalized spacial score (nSPS) is 17.2. The number of fused-ring (bicyclic) bond motifs is 1. The van der Waals surface area contributed by atoms with Gasteiger partial charge < -0.3 is 10.6 Å². The van der Waals surface area contributed by atoms with Crippen LogP contribution in [0.25, 0.3) is 0 Å². The van der Waals surface area contributed by atoms with Crippen LogP contribution in [-0.2, 0) is 16.8 Å². The SMILES string of the molecule is CC(C)(C)c1csc(CNC[C@H]2C(=O)Nc3cc(Br)ccc32)n1. The number of hydrogen-bond donors (Lipinski definition) is 2. The van der Waals surface area contributed by atoms with Crippen molar-refractivity contribution >= 4 is 38.9 Å². The Morgan fingerprint density at radius 1 is 1.39 bits per heavy atom. The van der Waals surface area contributed by atoms with E-state index in [0.717, 1.165) is 26.4 Å². The molecule has 0 saturated heterocycles. The van der Waals surface area contributed by atoms with Gasteiger partial charge in [-0.25, -0.2) is 4.98 Å². The van der Waals surface area contributed by atoms with Crippen molar-refractivity contribution in [3.8, 4) is 0 Å². The van der Waals surface area contributed by atoms with Crippen LogP contribution in [0.1, 0.15) is 43.0 Å². The third kappa shape index (κ3) is 3.65. The topological polar surface area (TPSA) is 54.0 Å². The minimum absolute atomic E-state index is 0.0557. The maximum absolute atomic E-state index is 12.1. The van der Waals surface area contributed by atoms with Crippen LogP contribution in [0.5, 0.6) is 0 Å². The molecule has 2 heterocycles. The highest BCUT2D eigenvalue weighted by atomic mass is 79.9. The van der Waals surface area contributed by atoms with E-state index < -0.39 is 0 Å². The molecule has 1 aromatic heterocycles. The van der Waals surface area contributed by atoms with Crippen LogP contribution < -0.4 is 10.6 Å². The van der Waals surface area contributed by atoms with Crippen molar-refractivity contribution in [2.24, 2.45) is 0 Å². The van der Waals surface area contributed by atoms with E-state index in [1.54, 1.807) is 11.3 Å². The molecule has 0 spiro atoms. The number of benzene rings is 1. The van der Waals surface area contributed by atoms with Gasteiger partial charge in [-0.1, -0.05) is 42.8 Å². The Morgan fingerprint density at radius 2 is 2.17 bits per heavy atom. The highest BCUT2D eigenvalue weighted by Crippen LogP contribution is 2.34. The maximum atomic E-state index is 12.1. The summed E-state index contributed by atoms with van der Waals surface area (Å²) in [5.74, 6) is -0.0831. The summed E-state index contributed by atoms with van der Waals surface area (Å²) in [6.45, 7) is 7.80. The predicted octanol–water partition coefficient (Wildman–Crippen LogP) is 4.03. The number of thiazole rings is 1. The molecule has 0 bridgehead atoms. The van der Waals surface area contributed by atoms with Crippen molar-refractivity contribution < 1.29 is 4.79 Å². The zero-order chi connectivity index (χ0) is 16.6. The number of aromatic nitrogens is 1. The molecule has 4 nitrogen and oxygen atoms in total. The van der Waals surface area contributed by atoms with Crippen molar-refractivity contribution in [2.75, 3.05) is 11.9 Å². The van der Waals surface area contributed by atoms with Gasteiger partial charge in [0.15, 0.2) is 0 Å². The average Bonchev–Trinajstić information content (AvgIpc) is 3.03. The lowest BCUT2D eigenvalue weighted by atomic mass is 9.93. The first kappa shape index (κ1) is 16.6. The van der Waals surface area contributed by atoms with E-state index in [-0.39, 0.29) is 17.2 Å². The van der Waals surface area contributed by atoms with Crippen LogP contribution in [0.15, 0.2) is 28.1 Å². The Morgan fingerprint density at radius 3 is 2.87 bits per heavy atom. The second kappa shape index (κ2) is 6.34. The molecule has 1 aliphatic heterocycles. The van der Waals surface area contributed by atoms with Crippen molar-refractivity contribution in [2.45, 2.75) is 38.6 Å². The molecule has 1 atom stereocenters. The molecule has 1 amide bonds. The van der Waals surface area contributed by atoms with E-state index >= 15 is 0 Å². The van der Waals surface area contributed by atoms with Crippen LogP contribution in [-0.4, -0.2) is 17.4 Å². The lowest BCUT2D eigenvalue weighted by Gasteiger charge is -2.14. The lowest BCUT2D eigenvalue weighted by Crippen LogP contribution is -2.26. The van der Waals surface area contributed by atoms with Gasteiger partial charge in [0.25, 0.3) is 0 Å². The number of amides is 1. The first-order chi connectivity index (χ1) is 10.8. The maximum Gasteiger partial charge on any atom is 0.233 e. The molecule has 0 fully saturated rings. The molecule has 3 rings (SSSR count). The summed E-state index contributed by atoms with van der Waals surface area (Å²) in [5.41, 5.74) is 3.15. The fourth-order valence-electron chi connectivity index (χ4n) is 2.56. The summed E-state index contributed by atoms with van der Waals surface area (Å²) in [4.78, 5) is 16.8. The lowest BCUT2D eigenvalue weighted by molar-refractivity contribution is -0.116. The van der Waals surface area contributed by atoms with Gasteiger partial charge in [-0.2, -0.15) is 0 Å². The molecular weight excluding hydrogens is 374 g/mol. The zero-order valence-electron chi connectivity index (χ0n) is 13.4. The quantitative estimate of drug-likeness (QED) is 0.824. The van der Waals surface area contributed by atoms with Gasteiger partial charge in [0, 0.05) is 34.0 Å². The van der Waals surface area contributed by atoms with Gasteiger partial charge in [-0.15, -0.1) is 11.3 Å². The van der Waals surface area contributed by atoms with Gasteiger partial charge in [-0.05, 0) is 17.7 Å². The Kier molecular flexibility index (Phi) is 4.58. The molecule has 1 aromatic carbocycles. The van der Waals surface area contributed by atoms with Crippen molar-refractivity contribution in [1.82, 2.24) is 10.3 Å². The summed E-state index contributed by atoms with van der Waals surface area (Å²) < 4.78 is 0.975. The Hall–Kier alpha value is -1.24. The molecule has 0 radical (unpaired) electrons. The fraction of sp³-hybridized carbons (Fsp3) is 0.412. The van der Waals surface area contributed by atoms with Crippen molar-refractivity contribution in [3.63, 3.8) is 0 Å². The molecule has 23 heavy (non-hydrogen) atoms. The first-order valence-corrected chi connectivity index (χ1v) is 9.28. The second-order valence-electron chi connectivity index (χ2n) is 6.78. The van der Waals surface area contributed by atoms with Crippen LogP contribution >= 0.6 is 27.3 Å². The summed E-state index contributed by atoms with van der Waals surface area (Å²) >= 11 is 5.10. The number of nitrogens with zero attached hydrogens (tertiary/aromatic N) is 1. The van der Waals surface area contributed by atoms with E-state index in [9.17, 15) is 4.79 Å². The standard InChI is InChI=1S/C17H20BrN3OS/c1-17(2,3)14-9-23-15(21-14)8-19-7-12-11-5-4-10(18)6-13(11)20-16(12)22/h4-6,9,12,19H,7-8H2,1-3H3,(H,20,22)/t12-/m1/s1. The highest BCUT2D eigenvalue weighted by Gasteiger charge is 2.30. The largest absolute Gasteiger partial charge is 0.325 e. The molecular formula is C17H20BrN3OS. The summed E-state index contributed by atoms with van der Waals surface area (Å²) in [6, 6.07) is 5.93. The second-order valence-corrected chi connectivity index (χ2v) is 8.64. The number of nitrogens with one attached hydrogen (secondary N) is 2. The minimum atomic E-state index is -0.139. The molecule has 1 aliphatic rings. The van der Waals surface area contributed by atoms with Gasteiger partial charge in [-0.3, -0.25) is 4.79 Å². The molecule has 0 saturated carbocycles. The molecule has 6 heteroatoms. The van der Waals surface area contributed by atoms with E-state index in [1.165, 1.54) is 0 Å². The van der Waals surface area contributed by atoms with E-state index in [2.05, 4.69) is 57.7 Å². The van der Waals surface area contributed by atoms with Gasteiger partial charge in [0.1, 0.15) is 5.01 Å². The van der Waals surface area contributed by atoms with Crippen LogP contribution in [0.3, 0.4) is 0 Å². The molecule has 2 aromatic rings. The molecule has 0 aliphatic carbocycles. The van der Waals surface area contributed by atoms with E-state index in [4.69, 9.17) is 0 Å². The predicted molar refractivity (Wildman–Crippen MR) is 98.0 cm³/mol. The van der Waals surface area contributed by atoms with Gasteiger partial charge in [0.05, 0.1) is 11.6 Å². The number of rotatable bonds is 4. The number of carbonyl (C=O) groups excluding carboxylic acids is 1. The highest BCUT2D eigenvalue weighted by molar-refractivity contribution is 9.10. The zero-order valence-corrected chi connectivity index (χ0v) is 15.8. The van der Waals surface area contributed by atoms with Crippen LogP contribution in [0.2, 0.25) is 0 Å². The van der Waals surface area contributed by atoms with E-state index in [1.807, 2.05) is 18.2 Å². The molecule has 2 N–H and O–H groups in total. The van der Waals surface area contributed by atoms with Crippen molar-refractivity contribution in [1.29, 1.82) is 0 Å². The molecule has 122 valence electrons. The number of hydrogen-bond acceptors (Lipinski definition) is 4. The first-order valence-electron chi connectivity index (χ1n) is 7.60. The van der Waals surface area contributed by atoms with Gasteiger partial charge in [0.2, 0.25) is 5.91 Å². The van der Waals surface area contributed by atoms with Crippen LogP contribution in [0, 0.1) is 0 Å². The Balaban J connectivity index is 1.61. The third-order valence-electron chi connectivity index (χ3n) is 3.91. The summed E-state index contributed by atoms with van der Waals surface area (Å²) in [5, 5.41) is 9.49. The average molecular weight is 394 g/mol. The fourth-order valence-corrected chi connectivity index (χ4v) is 3.92. The molecule has 0 unspecified atom stereocenters. The number of carbonyl (C=O) groups is 1. The number of anilines is 1. The Labute approximate surface area is 148 Å². The van der Waals surface area contributed by atoms with Gasteiger partial charge >= 0.3 is 0 Å². The Bertz CT molecular complexity index is 736. The smallest absolute Gasteiger partial charge is 0.233 e. The van der Waals surface area contributed by atoms with Crippen LogP contribution in [0.4, 0.5) is 5.69 Å².